The number of hydrogen-bond acceptors (Lipinski definition) is 2. The maximum atomic E-state index is 9.48. The first-order valence-electron chi connectivity index (χ1n) is 8.60. The summed E-state index contributed by atoms with van der Waals surface area (Å²) in [4.78, 5) is 2.01. The normalized spacial score (nSPS) is 12.2. The average molecular weight is 330 g/mol. The van der Waals surface area contributed by atoms with Crippen LogP contribution in [0, 0.1) is 16.7 Å². The lowest BCUT2D eigenvalue weighted by Gasteiger charge is -2.21. The van der Waals surface area contributed by atoms with Crippen LogP contribution in [0.5, 0.6) is 0 Å². The summed E-state index contributed by atoms with van der Waals surface area (Å²) >= 11 is 0. The average Bonchev–Trinajstić information content (AvgIpc) is 2.60. The van der Waals surface area contributed by atoms with E-state index in [-0.39, 0.29) is 5.41 Å². The van der Waals surface area contributed by atoms with E-state index in [4.69, 9.17) is 0 Å². The van der Waals surface area contributed by atoms with E-state index < -0.39 is 0 Å². The number of nitrogens with zero attached hydrogens (tertiary/aromatic N) is 2. The highest BCUT2D eigenvalue weighted by atomic mass is 15.1. The smallest absolute Gasteiger partial charge is 0.0962 e. The third-order valence-corrected chi connectivity index (χ3v) is 3.74. The summed E-state index contributed by atoms with van der Waals surface area (Å²) in [6, 6.07) is 21.1. The zero-order valence-electron chi connectivity index (χ0n) is 15.5. The number of anilines is 1. The maximum absolute atomic E-state index is 9.48. The van der Waals surface area contributed by atoms with E-state index in [2.05, 4.69) is 63.2 Å². The molecule has 0 N–H and O–H groups in total. The van der Waals surface area contributed by atoms with Crippen molar-refractivity contribution in [3.8, 4) is 17.2 Å². The van der Waals surface area contributed by atoms with Gasteiger partial charge in [0.15, 0.2) is 0 Å². The van der Waals surface area contributed by atoms with Crippen LogP contribution in [0.4, 0.5) is 5.69 Å². The van der Waals surface area contributed by atoms with E-state index in [0.29, 0.717) is 0 Å². The summed E-state index contributed by atoms with van der Waals surface area (Å²) in [5, 5.41) is 9.48. The predicted molar refractivity (Wildman–Crippen MR) is 107 cm³/mol. The van der Waals surface area contributed by atoms with Crippen molar-refractivity contribution in [3.05, 3.63) is 78.6 Å². The van der Waals surface area contributed by atoms with Gasteiger partial charge in [0.25, 0.3) is 0 Å². The monoisotopic (exact) mass is 330 g/mol. The molecule has 0 saturated heterocycles. The number of rotatable bonds is 5. The van der Waals surface area contributed by atoms with Crippen molar-refractivity contribution in [1.82, 2.24) is 0 Å². The van der Waals surface area contributed by atoms with Crippen LogP contribution in [0.25, 0.3) is 11.1 Å². The fourth-order valence-electron chi connectivity index (χ4n) is 2.67. The first kappa shape index (κ1) is 18.5. The molecule has 0 bridgehead atoms. The quantitative estimate of drug-likeness (QED) is 0.582. The van der Waals surface area contributed by atoms with Crippen molar-refractivity contribution in [2.45, 2.75) is 34.1 Å². The third kappa shape index (κ3) is 5.65. The minimum absolute atomic E-state index is 0.0837. The van der Waals surface area contributed by atoms with Crippen molar-refractivity contribution in [1.29, 1.82) is 5.26 Å². The Morgan fingerprint density at radius 1 is 1.00 bits per heavy atom. The van der Waals surface area contributed by atoms with Crippen LogP contribution in [-0.2, 0) is 0 Å². The molecular formula is C23H26N2. The Morgan fingerprint density at radius 3 is 2.12 bits per heavy atom. The summed E-state index contributed by atoms with van der Waals surface area (Å²) in [5.74, 6) is 0. The second kappa shape index (κ2) is 8.35. The highest BCUT2D eigenvalue weighted by molar-refractivity contribution is 5.67. The molecular weight excluding hydrogens is 304 g/mol. The molecule has 0 radical (unpaired) electrons. The van der Waals surface area contributed by atoms with E-state index in [0.717, 1.165) is 17.7 Å². The molecule has 2 aromatic carbocycles. The van der Waals surface area contributed by atoms with E-state index in [1.165, 1.54) is 11.1 Å². The van der Waals surface area contributed by atoms with Gasteiger partial charge in [-0.25, -0.2) is 0 Å². The molecule has 0 saturated carbocycles. The number of benzene rings is 2. The first-order chi connectivity index (χ1) is 11.9. The van der Waals surface area contributed by atoms with Crippen LogP contribution in [-0.4, -0.2) is 0 Å². The van der Waals surface area contributed by atoms with Gasteiger partial charge in [-0.1, -0.05) is 69.3 Å². The Hall–Kier alpha value is -2.79. The van der Waals surface area contributed by atoms with Gasteiger partial charge >= 0.3 is 0 Å². The van der Waals surface area contributed by atoms with Gasteiger partial charge in [0.2, 0.25) is 0 Å². The highest BCUT2D eigenvalue weighted by Gasteiger charge is 2.14. The van der Waals surface area contributed by atoms with E-state index in [9.17, 15) is 5.26 Å². The third-order valence-electron chi connectivity index (χ3n) is 3.74. The molecule has 0 aliphatic heterocycles. The van der Waals surface area contributed by atoms with Crippen LogP contribution in [0.3, 0.4) is 0 Å². The van der Waals surface area contributed by atoms with Crippen molar-refractivity contribution in [3.63, 3.8) is 0 Å². The summed E-state index contributed by atoms with van der Waals surface area (Å²) in [6.45, 7) is 8.42. The molecule has 0 spiro atoms. The summed E-state index contributed by atoms with van der Waals surface area (Å²) in [6.07, 6.45) is 6.65. The van der Waals surface area contributed by atoms with Crippen LogP contribution in [0.1, 0.15) is 34.1 Å². The highest BCUT2D eigenvalue weighted by Crippen LogP contribution is 2.27. The van der Waals surface area contributed by atoms with Gasteiger partial charge in [0, 0.05) is 23.7 Å². The van der Waals surface area contributed by atoms with Crippen LogP contribution >= 0.6 is 0 Å². The largest absolute Gasteiger partial charge is 0.323 e. The molecule has 2 heteroatoms. The van der Waals surface area contributed by atoms with Crippen molar-refractivity contribution < 1.29 is 0 Å². The fraction of sp³-hybridized carbons (Fsp3) is 0.261. The molecule has 25 heavy (non-hydrogen) atoms. The minimum Gasteiger partial charge on any atom is -0.323 e. The number of nitriles is 1. The Labute approximate surface area is 151 Å². The van der Waals surface area contributed by atoms with E-state index >= 15 is 0 Å². The Balaban J connectivity index is 2.30. The summed E-state index contributed by atoms with van der Waals surface area (Å²) in [7, 11) is 0. The van der Waals surface area contributed by atoms with Crippen molar-refractivity contribution in [2.24, 2.45) is 5.41 Å². The molecule has 0 atom stereocenters. The molecule has 0 amide bonds. The fourth-order valence-corrected chi connectivity index (χ4v) is 2.67. The Bertz CT molecular complexity index is 770. The number of hydrogen-bond donors (Lipinski definition) is 0. The second-order valence-electron chi connectivity index (χ2n) is 7.31. The zero-order valence-corrected chi connectivity index (χ0v) is 15.5. The molecule has 0 unspecified atom stereocenters. The molecule has 0 aliphatic rings. The van der Waals surface area contributed by atoms with Crippen molar-refractivity contribution in [2.75, 3.05) is 4.90 Å². The zero-order chi connectivity index (χ0) is 18.3. The van der Waals surface area contributed by atoms with Gasteiger partial charge in [0.05, 0.1) is 6.07 Å². The second-order valence-corrected chi connectivity index (χ2v) is 7.31. The van der Waals surface area contributed by atoms with Gasteiger partial charge in [0.1, 0.15) is 0 Å². The molecule has 0 aromatic heterocycles. The lowest BCUT2D eigenvalue weighted by atomic mass is 9.88. The Kier molecular flexibility index (Phi) is 6.19. The SMILES string of the molecule is CC=CN(C=C(C#N)CC(C)(C)C)c1ccc(-c2ccccc2)cc1. The maximum Gasteiger partial charge on any atom is 0.0962 e. The molecule has 2 rings (SSSR count). The van der Waals surface area contributed by atoms with Crippen LogP contribution < -0.4 is 4.90 Å². The van der Waals surface area contributed by atoms with E-state index in [1.807, 2.05) is 48.5 Å². The van der Waals surface area contributed by atoms with E-state index in [1.54, 1.807) is 0 Å². The molecule has 2 aromatic rings. The minimum atomic E-state index is 0.0837. The molecule has 2 nitrogen and oxygen atoms in total. The lowest BCUT2D eigenvalue weighted by Crippen LogP contribution is -2.11. The van der Waals surface area contributed by atoms with Crippen molar-refractivity contribution >= 4 is 5.69 Å². The lowest BCUT2D eigenvalue weighted by molar-refractivity contribution is 0.413. The van der Waals surface area contributed by atoms with Gasteiger partial charge in [-0.05, 0) is 42.0 Å². The van der Waals surface area contributed by atoms with Gasteiger partial charge < -0.3 is 4.90 Å². The molecule has 128 valence electrons. The molecule has 0 heterocycles. The summed E-state index contributed by atoms with van der Waals surface area (Å²) in [5.41, 5.74) is 4.29. The number of allylic oxidation sites excluding steroid dienone is 2. The predicted octanol–water partition coefficient (Wildman–Crippen LogP) is 6.54. The standard InChI is InChI=1S/C23H26N2/c1-5-15-25(18-19(17-24)16-23(2,3)4)22-13-11-21(12-14-22)20-9-7-6-8-10-20/h5-15,18H,16H2,1-4H3. The Morgan fingerprint density at radius 2 is 1.60 bits per heavy atom. The first-order valence-corrected chi connectivity index (χ1v) is 8.60. The van der Waals surface area contributed by atoms with Crippen LogP contribution in [0.15, 0.2) is 78.6 Å². The van der Waals surface area contributed by atoms with Crippen LogP contribution in [0.2, 0.25) is 0 Å². The molecule has 0 aliphatic carbocycles. The topological polar surface area (TPSA) is 27.0 Å². The van der Waals surface area contributed by atoms with Gasteiger partial charge in [-0.15, -0.1) is 0 Å². The van der Waals surface area contributed by atoms with Gasteiger partial charge in [-0.2, -0.15) is 5.26 Å². The summed E-state index contributed by atoms with van der Waals surface area (Å²) < 4.78 is 0. The van der Waals surface area contributed by atoms with Gasteiger partial charge in [-0.3, -0.25) is 0 Å². The molecule has 0 fully saturated rings.